The summed E-state index contributed by atoms with van der Waals surface area (Å²) in [6, 6.07) is -0.0196. The molecule has 2 fully saturated rings. The largest absolute Gasteiger partial charge is 0.349 e. The summed E-state index contributed by atoms with van der Waals surface area (Å²) in [6.07, 6.45) is 8.13. The van der Waals surface area contributed by atoms with Crippen molar-refractivity contribution in [3.05, 3.63) is 24.2 Å². The van der Waals surface area contributed by atoms with E-state index < -0.39 is 10.2 Å². The Morgan fingerprint density at radius 1 is 1.26 bits per heavy atom. The Kier molecular flexibility index (Phi) is 4.52. The van der Waals surface area contributed by atoms with Crippen LogP contribution in [0.1, 0.15) is 29.6 Å². The molecule has 2 aliphatic rings. The van der Waals surface area contributed by atoms with Gasteiger partial charge in [0.15, 0.2) is 0 Å². The molecule has 9 nitrogen and oxygen atoms in total. The zero-order chi connectivity index (χ0) is 19.3. The zero-order valence-electron chi connectivity index (χ0n) is 15.9. The second-order valence-electron chi connectivity index (χ2n) is 7.78. The first-order valence-electron chi connectivity index (χ1n) is 9.26. The van der Waals surface area contributed by atoms with Gasteiger partial charge in [0.25, 0.3) is 16.1 Å². The second-order valence-corrected chi connectivity index (χ2v) is 9.92. The molecular weight excluding hydrogens is 368 g/mol. The first-order valence-corrected chi connectivity index (χ1v) is 10.7. The lowest BCUT2D eigenvalue weighted by atomic mass is 9.78. The van der Waals surface area contributed by atoms with E-state index in [1.54, 1.807) is 29.1 Å². The molecule has 1 aliphatic carbocycles. The van der Waals surface area contributed by atoms with Gasteiger partial charge in [0.2, 0.25) is 0 Å². The number of hydrogen-bond acceptors (Lipinski definition) is 4. The molecular formula is C17H26N6O3S. The molecule has 2 aromatic rings. The van der Waals surface area contributed by atoms with Crippen LogP contribution in [0.3, 0.4) is 0 Å². The van der Waals surface area contributed by atoms with E-state index >= 15 is 0 Å². The predicted molar refractivity (Wildman–Crippen MR) is 100 cm³/mol. The molecule has 10 heteroatoms. The van der Waals surface area contributed by atoms with Gasteiger partial charge >= 0.3 is 0 Å². The Bertz CT molecular complexity index is 963. The van der Waals surface area contributed by atoms with Gasteiger partial charge in [-0.25, -0.2) is 4.52 Å². The number of carbonyl (C=O) groups is 1. The third-order valence-electron chi connectivity index (χ3n) is 5.95. The van der Waals surface area contributed by atoms with Crippen molar-refractivity contribution in [3.63, 3.8) is 0 Å². The summed E-state index contributed by atoms with van der Waals surface area (Å²) >= 11 is 0. The summed E-state index contributed by atoms with van der Waals surface area (Å²) in [7, 11) is 1.58. The summed E-state index contributed by atoms with van der Waals surface area (Å²) in [5, 5.41) is 7.39. The van der Waals surface area contributed by atoms with Gasteiger partial charge in [0, 0.05) is 52.7 Å². The van der Waals surface area contributed by atoms with Gasteiger partial charge < -0.3 is 9.88 Å². The lowest BCUT2D eigenvalue weighted by Crippen LogP contribution is -2.45. The van der Waals surface area contributed by atoms with Crippen molar-refractivity contribution in [3.8, 4) is 0 Å². The molecule has 3 atom stereocenters. The van der Waals surface area contributed by atoms with Gasteiger partial charge in [-0.2, -0.15) is 22.1 Å². The van der Waals surface area contributed by atoms with Crippen LogP contribution in [0.4, 0.5) is 0 Å². The van der Waals surface area contributed by atoms with Gasteiger partial charge in [-0.3, -0.25) is 4.79 Å². The molecule has 0 aromatic carbocycles. The number of imidazole rings is 1. The maximum absolute atomic E-state index is 12.9. The SMILES string of the molecule is CN(C)S(=O)(=O)N1C[C@@H]2CCC[C@H](NC(=O)c3cnn4ccn(C)c34)[C@@H]2C1. The number of nitrogens with zero attached hydrogens (tertiary/aromatic N) is 5. The second kappa shape index (κ2) is 6.61. The number of rotatable bonds is 4. The van der Waals surface area contributed by atoms with E-state index in [0.717, 1.165) is 24.9 Å². The number of aryl methyl sites for hydroxylation is 1. The number of carbonyl (C=O) groups excluding carboxylic acids is 1. The average Bonchev–Trinajstić information content (AvgIpc) is 3.31. The van der Waals surface area contributed by atoms with E-state index in [-0.39, 0.29) is 17.9 Å². The van der Waals surface area contributed by atoms with Crippen LogP contribution in [0.5, 0.6) is 0 Å². The maximum Gasteiger partial charge on any atom is 0.281 e. The summed E-state index contributed by atoms with van der Waals surface area (Å²) < 4.78 is 31.4. The van der Waals surface area contributed by atoms with E-state index in [9.17, 15) is 13.2 Å². The smallest absolute Gasteiger partial charge is 0.281 e. The predicted octanol–water partition coefficient (Wildman–Crippen LogP) is 0.310. The third kappa shape index (κ3) is 3.05. The highest BCUT2D eigenvalue weighted by Gasteiger charge is 2.45. The van der Waals surface area contributed by atoms with Crippen LogP contribution in [0, 0.1) is 11.8 Å². The third-order valence-corrected chi connectivity index (χ3v) is 7.82. The fourth-order valence-electron chi connectivity index (χ4n) is 4.49. The summed E-state index contributed by atoms with van der Waals surface area (Å²) in [4.78, 5) is 12.9. The highest BCUT2D eigenvalue weighted by molar-refractivity contribution is 7.86. The Morgan fingerprint density at radius 2 is 2.04 bits per heavy atom. The van der Waals surface area contributed by atoms with Crippen LogP contribution in [0.25, 0.3) is 5.65 Å². The molecule has 4 rings (SSSR count). The lowest BCUT2D eigenvalue weighted by Gasteiger charge is -2.33. The minimum atomic E-state index is -3.42. The molecule has 0 bridgehead atoms. The van der Waals surface area contributed by atoms with E-state index in [0.29, 0.717) is 24.6 Å². The highest BCUT2D eigenvalue weighted by Crippen LogP contribution is 2.38. The normalized spacial score (nSPS) is 26.6. The minimum absolute atomic E-state index is 0.0196. The maximum atomic E-state index is 12.9. The molecule has 1 amide bonds. The fraction of sp³-hybridized carbons (Fsp3) is 0.647. The Hall–Kier alpha value is -1.91. The number of nitrogens with one attached hydrogen (secondary N) is 1. The lowest BCUT2D eigenvalue weighted by molar-refractivity contribution is 0.0898. The van der Waals surface area contributed by atoms with Crippen molar-refractivity contribution < 1.29 is 13.2 Å². The number of aromatic nitrogens is 3. The minimum Gasteiger partial charge on any atom is -0.349 e. The molecule has 1 saturated carbocycles. The van der Waals surface area contributed by atoms with E-state index in [4.69, 9.17) is 0 Å². The van der Waals surface area contributed by atoms with E-state index in [1.807, 2.05) is 24.0 Å². The molecule has 27 heavy (non-hydrogen) atoms. The molecule has 1 N–H and O–H groups in total. The molecule has 3 heterocycles. The van der Waals surface area contributed by atoms with Gasteiger partial charge in [0.1, 0.15) is 11.2 Å². The molecule has 1 saturated heterocycles. The van der Waals surface area contributed by atoms with Gasteiger partial charge in [-0.15, -0.1) is 0 Å². The van der Waals surface area contributed by atoms with Crippen LogP contribution >= 0.6 is 0 Å². The molecule has 1 aliphatic heterocycles. The van der Waals surface area contributed by atoms with Crippen molar-refractivity contribution in [1.29, 1.82) is 0 Å². The van der Waals surface area contributed by atoms with E-state index in [2.05, 4.69) is 10.4 Å². The van der Waals surface area contributed by atoms with Crippen molar-refractivity contribution in [2.75, 3.05) is 27.2 Å². The van der Waals surface area contributed by atoms with Crippen molar-refractivity contribution in [2.24, 2.45) is 18.9 Å². The topological polar surface area (TPSA) is 91.9 Å². The van der Waals surface area contributed by atoms with Gasteiger partial charge in [-0.05, 0) is 24.7 Å². The van der Waals surface area contributed by atoms with Crippen LogP contribution in [0.2, 0.25) is 0 Å². The molecule has 2 aromatic heterocycles. The fourth-order valence-corrected chi connectivity index (χ4v) is 5.69. The molecule has 0 unspecified atom stereocenters. The van der Waals surface area contributed by atoms with Gasteiger partial charge in [0.05, 0.1) is 6.20 Å². The standard InChI is InChI=1S/C17H26N6O3S/c1-20(2)27(25,26)22-10-12-5-4-6-15(14(12)11-22)19-16(24)13-9-18-23-8-7-21(3)17(13)23/h7-9,12,14-15H,4-6,10-11H2,1-3H3,(H,19,24)/t12-,14+,15-/m0/s1. The number of amides is 1. The Labute approximate surface area is 159 Å². The first-order chi connectivity index (χ1) is 12.8. The molecule has 0 spiro atoms. The average molecular weight is 395 g/mol. The quantitative estimate of drug-likeness (QED) is 0.808. The monoisotopic (exact) mass is 394 g/mol. The number of fused-ring (bicyclic) bond motifs is 2. The Morgan fingerprint density at radius 3 is 2.78 bits per heavy atom. The molecule has 148 valence electrons. The van der Waals surface area contributed by atoms with Crippen molar-refractivity contribution in [1.82, 2.24) is 28.1 Å². The van der Waals surface area contributed by atoms with Crippen LogP contribution in [0.15, 0.2) is 18.6 Å². The molecule has 0 radical (unpaired) electrons. The van der Waals surface area contributed by atoms with Crippen LogP contribution in [-0.2, 0) is 17.3 Å². The van der Waals surface area contributed by atoms with Crippen LogP contribution < -0.4 is 5.32 Å². The summed E-state index contributed by atoms with van der Waals surface area (Å²) in [5.41, 5.74) is 1.29. The highest BCUT2D eigenvalue weighted by atomic mass is 32.2. The van der Waals surface area contributed by atoms with Crippen molar-refractivity contribution >= 4 is 21.8 Å². The summed E-state index contributed by atoms with van der Waals surface area (Å²) in [5.74, 6) is 0.296. The van der Waals surface area contributed by atoms with Crippen LogP contribution in [-0.4, -0.2) is 70.3 Å². The first kappa shape index (κ1) is 18.5. The van der Waals surface area contributed by atoms with E-state index in [1.165, 1.54) is 4.31 Å². The van der Waals surface area contributed by atoms with Gasteiger partial charge in [-0.1, -0.05) is 6.42 Å². The summed E-state index contributed by atoms with van der Waals surface area (Å²) in [6.45, 7) is 0.997. The zero-order valence-corrected chi connectivity index (χ0v) is 16.7. The Balaban J connectivity index is 1.52. The number of hydrogen-bond donors (Lipinski definition) is 1. The van der Waals surface area contributed by atoms with Crippen molar-refractivity contribution in [2.45, 2.75) is 25.3 Å².